The normalized spacial score (nSPS) is 11.8. The highest BCUT2D eigenvalue weighted by molar-refractivity contribution is 6.33. The summed E-state index contributed by atoms with van der Waals surface area (Å²) in [5.41, 5.74) is 1.13. The minimum atomic E-state index is -0.982. The minimum Gasteiger partial charge on any atom is -0.503 e. The van der Waals surface area contributed by atoms with E-state index < -0.39 is 11.9 Å². The van der Waals surface area contributed by atoms with Gasteiger partial charge in [0.1, 0.15) is 5.75 Å². The van der Waals surface area contributed by atoms with Crippen molar-refractivity contribution in [3.8, 4) is 17.2 Å². The third-order valence-electron chi connectivity index (χ3n) is 3.60. The molecule has 5 nitrogen and oxygen atoms in total. The van der Waals surface area contributed by atoms with Crippen molar-refractivity contribution in [2.24, 2.45) is 0 Å². The number of hydrogen-bond donors (Lipinski definition) is 2. The summed E-state index contributed by atoms with van der Waals surface area (Å²) in [4.78, 5) is 11.7. The fourth-order valence-corrected chi connectivity index (χ4v) is 2.57. The standard InChI is InChI=1S/C17H17ClO5/c1-22-12-5-3-4-10(8-12)13(17(20)21)9-11-6-7-14(23-2)16(19)15(11)18/h3-8,13,19H,9H2,1-2H3,(H,20,21). The van der Waals surface area contributed by atoms with E-state index in [0.717, 1.165) is 0 Å². The van der Waals surface area contributed by atoms with Gasteiger partial charge >= 0.3 is 5.97 Å². The molecule has 0 saturated heterocycles. The summed E-state index contributed by atoms with van der Waals surface area (Å²) in [6.45, 7) is 0. The summed E-state index contributed by atoms with van der Waals surface area (Å²) in [6.07, 6.45) is 0.138. The third-order valence-corrected chi connectivity index (χ3v) is 4.02. The van der Waals surface area contributed by atoms with Crippen molar-refractivity contribution in [2.75, 3.05) is 14.2 Å². The molecule has 0 aliphatic rings. The van der Waals surface area contributed by atoms with E-state index in [1.165, 1.54) is 14.2 Å². The van der Waals surface area contributed by atoms with Gasteiger partial charge in [-0.1, -0.05) is 29.8 Å². The van der Waals surface area contributed by atoms with Crippen LogP contribution in [-0.2, 0) is 11.2 Å². The van der Waals surface area contributed by atoms with E-state index in [1.807, 2.05) is 0 Å². The molecule has 0 aromatic heterocycles. The van der Waals surface area contributed by atoms with Gasteiger partial charge in [0, 0.05) is 0 Å². The Morgan fingerprint density at radius 1 is 1.22 bits per heavy atom. The van der Waals surface area contributed by atoms with Crippen molar-refractivity contribution in [1.82, 2.24) is 0 Å². The smallest absolute Gasteiger partial charge is 0.311 e. The second kappa shape index (κ2) is 7.24. The van der Waals surface area contributed by atoms with Gasteiger partial charge in [-0.3, -0.25) is 4.79 Å². The molecule has 0 aliphatic heterocycles. The molecule has 6 heteroatoms. The molecular weight excluding hydrogens is 320 g/mol. The van der Waals surface area contributed by atoms with Crippen molar-refractivity contribution in [1.29, 1.82) is 0 Å². The molecule has 23 heavy (non-hydrogen) atoms. The fraction of sp³-hybridized carbons (Fsp3) is 0.235. The number of aliphatic carboxylic acids is 1. The van der Waals surface area contributed by atoms with Gasteiger partial charge in [-0.05, 0) is 35.7 Å². The maximum Gasteiger partial charge on any atom is 0.311 e. The summed E-state index contributed by atoms with van der Waals surface area (Å²) in [5, 5.41) is 19.6. The topological polar surface area (TPSA) is 76.0 Å². The Bertz CT molecular complexity index is 714. The predicted octanol–water partition coefficient (Wildman–Crippen LogP) is 3.47. The zero-order chi connectivity index (χ0) is 17.0. The molecule has 2 rings (SSSR count). The molecular formula is C17H17ClO5. The van der Waals surface area contributed by atoms with E-state index in [2.05, 4.69) is 0 Å². The lowest BCUT2D eigenvalue weighted by molar-refractivity contribution is -0.138. The number of phenols is 1. The molecule has 0 amide bonds. The van der Waals surface area contributed by atoms with Crippen molar-refractivity contribution >= 4 is 17.6 Å². The van der Waals surface area contributed by atoms with Gasteiger partial charge in [0.2, 0.25) is 0 Å². The van der Waals surface area contributed by atoms with E-state index in [4.69, 9.17) is 21.1 Å². The predicted molar refractivity (Wildman–Crippen MR) is 86.7 cm³/mol. The zero-order valence-electron chi connectivity index (χ0n) is 12.7. The van der Waals surface area contributed by atoms with Gasteiger partial charge in [-0.25, -0.2) is 0 Å². The molecule has 2 aromatic carbocycles. The highest BCUT2D eigenvalue weighted by Crippen LogP contribution is 2.38. The number of benzene rings is 2. The first kappa shape index (κ1) is 17.0. The largest absolute Gasteiger partial charge is 0.503 e. The SMILES string of the molecule is COc1cccc(C(Cc2ccc(OC)c(O)c2Cl)C(=O)O)c1. The van der Waals surface area contributed by atoms with Crippen LogP contribution in [0.25, 0.3) is 0 Å². The number of phenolic OH excluding ortho intramolecular Hbond substituents is 1. The van der Waals surface area contributed by atoms with Crippen LogP contribution in [0.5, 0.6) is 17.2 Å². The number of halogens is 1. The summed E-state index contributed by atoms with van der Waals surface area (Å²) in [5.74, 6) is -1.16. The van der Waals surface area contributed by atoms with Crippen LogP contribution in [0.2, 0.25) is 5.02 Å². The van der Waals surface area contributed by atoms with E-state index in [-0.39, 0.29) is 22.9 Å². The zero-order valence-corrected chi connectivity index (χ0v) is 13.5. The Labute approximate surface area is 139 Å². The number of carboxylic acids is 1. The van der Waals surface area contributed by atoms with Crippen LogP contribution in [0.4, 0.5) is 0 Å². The summed E-state index contributed by atoms with van der Waals surface area (Å²) in [7, 11) is 2.94. The number of aromatic hydroxyl groups is 1. The lowest BCUT2D eigenvalue weighted by Crippen LogP contribution is -2.15. The van der Waals surface area contributed by atoms with Crippen LogP contribution >= 0.6 is 11.6 Å². The third kappa shape index (κ3) is 3.68. The average Bonchev–Trinajstić information content (AvgIpc) is 2.56. The van der Waals surface area contributed by atoms with Crippen molar-refractivity contribution in [2.45, 2.75) is 12.3 Å². The highest BCUT2D eigenvalue weighted by atomic mass is 35.5. The van der Waals surface area contributed by atoms with Crippen LogP contribution in [0, 0.1) is 0 Å². The number of rotatable bonds is 6. The van der Waals surface area contributed by atoms with Gasteiger partial charge in [-0.2, -0.15) is 0 Å². The summed E-state index contributed by atoms with van der Waals surface area (Å²) in [6, 6.07) is 10.1. The van der Waals surface area contributed by atoms with E-state index in [9.17, 15) is 15.0 Å². The number of carbonyl (C=O) groups is 1. The quantitative estimate of drug-likeness (QED) is 0.844. The minimum absolute atomic E-state index is 0.0958. The Kier molecular flexibility index (Phi) is 5.34. The Balaban J connectivity index is 2.37. The molecule has 1 unspecified atom stereocenters. The number of hydrogen-bond acceptors (Lipinski definition) is 4. The highest BCUT2D eigenvalue weighted by Gasteiger charge is 2.23. The molecule has 0 bridgehead atoms. The molecule has 0 radical (unpaired) electrons. The van der Waals surface area contributed by atoms with Crippen molar-refractivity contribution in [3.63, 3.8) is 0 Å². The van der Waals surface area contributed by atoms with Gasteiger partial charge in [-0.15, -0.1) is 0 Å². The van der Waals surface area contributed by atoms with Crippen LogP contribution in [-0.4, -0.2) is 30.4 Å². The molecule has 122 valence electrons. The number of methoxy groups -OCH3 is 2. The molecule has 2 aromatic rings. The molecule has 0 aliphatic carbocycles. The lowest BCUT2D eigenvalue weighted by atomic mass is 9.91. The first-order valence-corrected chi connectivity index (χ1v) is 7.26. The number of ether oxygens (including phenoxy) is 2. The molecule has 0 saturated carbocycles. The first-order valence-electron chi connectivity index (χ1n) is 6.89. The Hall–Kier alpha value is -2.40. The van der Waals surface area contributed by atoms with Gasteiger partial charge in [0.25, 0.3) is 0 Å². The fourth-order valence-electron chi connectivity index (χ4n) is 2.34. The second-order valence-corrected chi connectivity index (χ2v) is 5.34. The first-order chi connectivity index (χ1) is 11.0. The summed E-state index contributed by atoms with van der Waals surface area (Å²) >= 11 is 6.12. The molecule has 0 spiro atoms. The second-order valence-electron chi connectivity index (χ2n) is 4.96. The average molecular weight is 337 g/mol. The molecule has 2 N–H and O–H groups in total. The van der Waals surface area contributed by atoms with Crippen molar-refractivity contribution < 1.29 is 24.5 Å². The van der Waals surface area contributed by atoms with E-state index in [1.54, 1.807) is 36.4 Å². The van der Waals surface area contributed by atoms with E-state index in [0.29, 0.717) is 16.9 Å². The molecule has 0 fully saturated rings. The van der Waals surface area contributed by atoms with Gasteiger partial charge in [0.05, 0.1) is 25.2 Å². The van der Waals surface area contributed by atoms with Crippen LogP contribution < -0.4 is 9.47 Å². The number of carboxylic acid groups (broad SMARTS) is 1. The summed E-state index contributed by atoms with van der Waals surface area (Å²) < 4.78 is 10.1. The molecule has 1 atom stereocenters. The van der Waals surface area contributed by atoms with Crippen molar-refractivity contribution in [3.05, 3.63) is 52.5 Å². The Morgan fingerprint density at radius 2 is 1.96 bits per heavy atom. The Morgan fingerprint density at radius 3 is 2.57 bits per heavy atom. The lowest BCUT2D eigenvalue weighted by Gasteiger charge is -2.16. The van der Waals surface area contributed by atoms with Crippen LogP contribution in [0.1, 0.15) is 17.0 Å². The van der Waals surface area contributed by atoms with Gasteiger partial charge < -0.3 is 19.7 Å². The monoisotopic (exact) mass is 336 g/mol. The maximum atomic E-state index is 11.7. The van der Waals surface area contributed by atoms with Crippen LogP contribution in [0.15, 0.2) is 36.4 Å². The maximum absolute atomic E-state index is 11.7. The van der Waals surface area contributed by atoms with Crippen LogP contribution in [0.3, 0.4) is 0 Å². The molecule has 0 heterocycles. The van der Waals surface area contributed by atoms with Gasteiger partial charge in [0.15, 0.2) is 11.5 Å². The van der Waals surface area contributed by atoms with E-state index >= 15 is 0 Å².